The molecule has 0 aliphatic heterocycles. The number of para-hydroxylation sites is 1. The van der Waals surface area contributed by atoms with Gasteiger partial charge in [0.15, 0.2) is 0 Å². The Bertz CT molecular complexity index is 903. The van der Waals surface area contributed by atoms with Crippen molar-refractivity contribution in [3.8, 4) is 0 Å². The van der Waals surface area contributed by atoms with Crippen LogP contribution >= 0.6 is 11.6 Å². The van der Waals surface area contributed by atoms with E-state index in [1.54, 1.807) is 12.3 Å². The monoisotopic (exact) mass is 312 g/mol. The third-order valence-electron chi connectivity index (χ3n) is 3.20. The van der Waals surface area contributed by atoms with Crippen LogP contribution in [0.2, 0.25) is 5.15 Å². The smallest absolute Gasteiger partial charge is 0.268 e. The maximum Gasteiger partial charge on any atom is 0.268 e. The largest absolute Gasteiger partial charge is 0.278 e. The molecule has 0 bridgehead atoms. The summed E-state index contributed by atoms with van der Waals surface area (Å²) < 4.78 is 1.46. The number of aryl methyl sites for hydroxylation is 1. The second-order valence-corrected chi connectivity index (χ2v) is 5.10. The molecule has 22 heavy (non-hydrogen) atoms. The molecule has 0 aliphatic carbocycles. The van der Waals surface area contributed by atoms with Crippen LogP contribution in [-0.2, 0) is 0 Å². The number of anilines is 1. The van der Waals surface area contributed by atoms with Crippen LogP contribution in [0, 0.1) is 6.92 Å². The van der Waals surface area contributed by atoms with Crippen molar-refractivity contribution in [1.82, 2.24) is 9.38 Å². The maximum atomic E-state index is 12.5. The van der Waals surface area contributed by atoms with E-state index in [0.717, 1.165) is 11.3 Å². The topological polar surface area (TPSA) is 58.8 Å². The van der Waals surface area contributed by atoms with Gasteiger partial charge in [-0.1, -0.05) is 35.9 Å². The highest BCUT2D eigenvalue weighted by atomic mass is 35.5. The SMILES string of the molecule is Cc1cccn2c(=O)c(/C=N/Nc3ccccc3)c(Cl)nc12. The van der Waals surface area contributed by atoms with Crippen molar-refractivity contribution in [2.45, 2.75) is 6.92 Å². The molecule has 0 unspecified atom stereocenters. The molecule has 3 rings (SSSR count). The van der Waals surface area contributed by atoms with Crippen molar-refractivity contribution in [2.24, 2.45) is 5.10 Å². The Hall–Kier alpha value is -2.66. The summed E-state index contributed by atoms with van der Waals surface area (Å²) in [6.07, 6.45) is 3.05. The number of hydrazone groups is 1. The Kier molecular flexibility index (Phi) is 3.89. The zero-order valence-corrected chi connectivity index (χ0v) is 12.6. The zero-order chi connectivity index (χ0) is 15.5. The first-order chi connectivity index (χ1) is 10.7. The van der Waals surface area contributed by atoms with Gasteiger partial charge in [0.1, 0.15) is 10.8 Å². The molecule has 6 heteroatoms. The molecular weight excluding hydrogens is 300 g/mol. The summed E-state index contributed by atoms with van der Waals surface area (Å²) in [6, 6.07) is 13.1. The van der Waals surface area contributed by atoms with Crippen molar-refractivity contribution < 1.29 is 0 Å². The average Bonchev–Trinajstić information content (AvgIpc) is 2.53. The van der Waals surface area contributed by atoms with E-state index in [9.17, 15) is 4.79 Å². The third-order valence-corrected chi connectivity index (χ3v) is 3.49. The molecule has 2 heterocycles. The molecule has 3 aromatic rings. The van der Waals surface area contributed by atoms with Crippen LogP contribution in [0.15, 0.2) is 58.6 Å². The number of rotatable bonds is 3. The standard InChI is InChI=1S/C16H13ClN4O/c1-11-6-5-9-21-15(11)19-14(17)13(16(21)22)10-18-20-12-7-3-2-4-8-12/h2-10,20H,1H3/b18-10+. The van der Waals surface area contributed by atoms with Crippen LogP contribution in [0.25, 0.3) is 5.65 Å². The normalized spacial score (nSPS) is 11.2. The van der Waals surface area contributed by atoms with Crippen molar-refractivity contribution in [3.05, 3.63) is 75.3 Å². The number of pyridine rings is 1. The van der Waals surface area contributed by atoms with Crippen LogP contribution in [0.3, 0.4) is 0 Å². The maximum absolute atomic E-state index is 12.5. The van der Waals surface area contributed by atoms with Gasteiger partial charge in [0.2, 0.25) is 0 Å². The lowest BCUT2D eigenvalue weighted by Crippen LogP contribution is -2.20. The van der Waals surface area contributed by atoms with Crippen molar-refractivity contribution in [3.63, 3.8) is 0 Å². The van der Waals surface area contributed by atoms with E-state index in [0.29, 0.717) is 5.65 Å². The highest BCUT2D eigenvalue weighted by molar-refractivity contribution is 6.32. The molecule has 110 valence electrons. The van der Waals surface area contributed by atoms with Crippen molar-refractivity contribution in [1.29, 1.82) is 0 Å². The molecular formula is C16H13ClN4O. The van der Waals surface area contributed by atoms with Gasteiger partial charge >= 0.3 is 0 Å². The van der Waals surface area contributed by atoms with E-state index >= 15 is 0 Å². The molecule has 0 aliphatic rings. The highest BCUT2D eigenvalue weighted by Crippen LogP contribution is 2.12. The molecule has 0 saturated heterocycles. The number of hydrogen-bond donors (Lipinski definition) is 1. The van der Waals surface area contributed by atoms with Crippen molar-refractivity contribution in [2.75, 3.05) is 5.43 Å². The van der Waals surface area contributed by atoms with E-state index in [1.807, 2.05) is 43.3 Å². The van der Waals surface area contributed by atoms with Crippen LogP contribution in [0.4, 0.5) is 5.69 Å². The number of fused-ring (bicyclic) bond motifs is 1. The van der Waals surface area contributed by atoms with Gasteiger partial charge in [-0.15, -0.1) is 0 Å². The summed E-state index contributed by atoms with van der Waals surface area (Å²) in [6.45, 7) is 1.88. The Labute approximate surface area is 131 Å². The molecule has 5 nitrogen and oxygen atoms in total. The lowest BCUT2D eigenvalue weighted by molar-refractivity contribution is 1.03. The van der Waals surface area contributed by atoms with Crippen LogP contribution < -0.4 is 11.0 Å². The fourth-order valence-electron chi connectivity index (χ4n) is 2.08. The number of halogens is 1. The van der Waals surface area contributed by atoms with Crippen LogP contribution in [0.1, 0.15) is 11.1 Å². The summed E-state index contributed by atoms with van der Waals surface area (Å²) in [5, 5.41) is 4.19. The second kappa shape index (κ2) is 5.99. The summed E-state index contributed by atoms with van der Waals surface area (Å²) in [7, 11) is 0. The van der Waals surface area contributed by atoms with E-state index < -0.39 is 0 Å². The molecule has 0 fully saturated rings. The van der Waals surface area contributed by atoms with Gasteiger partial charge in [-0.3, -0.25) is 14.6 Å². The fourth-order valence-corrected chi connectivity index (χ4v) is 2.29. The van der Waals surface area contributed by atoms with E-state index in [1.165, 1.54) is 10.6 Å². The Morgan fingerprint density at radius 2 is 2.00 bits per heavy atom. The molecule has 1 N–H and O–H groups in total. The minimum absolute atomic E-state index is 0.137. The van der Waals surface area contributed by atoms with Crippen LogP contribution in [0.5, 0.6) is 0 Å². The highest BCUT2D eigenvalue weighted by Gasteiger charge is 2.10. The third kappa shape index (κ3) is 2.71. The first-order valence-corrected chi connectivity index (χ1v) is 7.06. The average molecular weight is 313 g/mol. The molecule has 0 saturated carbocycles. The minimum Gasteiger partial charge on any atom is -0.278 e. The molecule has 1 aromatic carbocycles. The zero-order valence-electron chi connectivity index (χ0n) is 11.8. The minimum atomic E-state index is -0.252. The summed E-state index contributed by atoms with van der Waals surface area (Å²) >= 11 is 6.12. The van der Waals surface area contributed by atoms with Crippen LogP contribution in [-0.4, -0.2) is 15.6 Å². The molecule has 0 radical (unpaired) electrons. The van der Waals surface area contributed by atoms with E-state index in [-0.39, 0.29) is 16.3 Å². The van der Waals surface area contributed by atoms with Crippen molar-refractivity contribution >= 4 is 29.2 Å². The fraction of sp³-hybridized carbons (Fsp3) is 0.0625. The van der Waals surface area contributed by atoms with Gasteiger partial charge in [0.25, 0.3) is 5.56 Å². The molecule has 0 spiro atoms. The lowest BCUT2D eigenvalue weighted by Gasteiger charge is -2.05. The van der Waals surface area contributed by atoms with Gasteiger partial charge in [-0.05, 0) is 30.7 Å². The number of benzene rings is 1. The molecule has 0 amide bonds. The number of nitrogens with one attached hydrogen (secondary N) is 1. The quantitative estimate of drug-likeness (QED) is 0.459. The van der Waals surface area contributed by atoms with E-state index in [2.05, 4.69) is 15.5 Å². The van der Waals surface area contributed by atoms with Gasteiger partial charge in [-0.2, -0.15) is 5.10 Å². The Balaban J connectivity index is 1.99. The summed E-state index contributed by atoms with van der Waals surface area (Å²) in [5.41, 5.74) is 5.08. The van der Waals surface area contributed by atoms with Gasteiger partial charge < -0.3 is 0 Å². The first kappa shape index (κ1) is 14.3. The Morgan fingerprint density at radius 3 is 2.77 bits per heavy atom. The number of nitrogens with zero attached hydrogens (tertiary/aromatic N) is 3. The summed E-state index contributed by atoms with van der Waals surface area (Å²) in [5.74, 6) is 0. The van der Waals surface area contributed by atoms with Gasteiger partial charge in [0, 0.05) is 6.20 Å². The first-order valence-electron chi connectivity index (χ1n) is 6.68. The molecule has 2 aromatic heterocycles. The number of aromatic nitrogens is 2. The lowest BCUT2D eigenvalue weighted by atomic mass is 10.3. The number of hydrogen-bond acceptors (Lipinski definition) is 4. The Morgan fingerprint density at radius 1 is 1.23 bits per heavy atom. The summed E-state index contributed by atoms with van der Waals surface area (Å²) in [4.78, 5) is 16.7. The molecule has 0 atom stereocenters. The van der Waals surface area contributed by atoms with Gasteiger partial charge in [-0.25, -0.2) is 4.98 Å². The predicted molar refractivity (Wildman–Crippen MR) is 88.9 cm³/mol. The second-order valence-electron chi connectivity index (χ2n) is 4.74. The van der Waals surface area contributed by atoms with Gasteiger partial charge in [0.05, 0.1) is 17.5 Å². The van der Waals surface area contributed by atoms with E-state index in [4.69, 9.17) is 11.6 Å². The predicted octanol–water partition coefficient (Wildman–Crippen LogP) is 3.10.